The van der Waals surface area contributed by atoms with Crippen molar-refractivity contribution in [1.82, 2.24) is 14.7 Å². The molecule has 0 radical (unpaired) electrons. The minimum absolute atomic E-state index is 0.444. The molecule has 3 aliphatic heterocycles. The van der Waals surface area contributed by atoms with Gasteiger partial charge in [-0.15, -0.1) is 0 Å². The van der Waals surface area contributed by atoms with Gasteiger partial charge in [0.2, 0.25) is 0 Å². The van der Waals surface area contributed by atoms with Gasteiger partial charge >= 0.3 is 5.97 Å². The molecule has 0 saturated carbocycles. The molecule has 6 atom stereocenters. The number of aliphatic carboxylic acids is 1. The molecule has 1 N–H and O–H groups in total. The van der Waals surface area contributed by atoms with E-state index in [4.69, 9.17) is 0 Å². The second kappa shape index (κ2) is 19.9. The van der Waals surface area contributed by atoms with Gasteiger partial charge in [0.05, 0.1) is 0 Å². The zero-order valence-corrected chi connectivity index (χ0v) is 30.3. The summed E-state index contributed by atoms with van der Waals surface area (Å²) >= 11 is 0. The van der Waals surface area contributed by atoms with E-state index < -0.39 is 11.6 Å². The lowest BCUT2D eigenvalue weighted by Crippen LogP contribution is -2.60. The van der Waals surface area contributed by atoms with Crippen LogP contribution in [-0.4, -0.2) is 74.2 Å². The largest absolute Gasteiger partial charge is 0.479 e. The highest BCUT2D eigenvalue weighted by molar-refractivity contribution is 5.80. The summed E-state index contributed by atoms with van der Waals surface area (Å²) in [6.45, 7) is 14.5. The lowest BCUT2D eigenvalue weighted by Gasteiger charge is -2.36. The molecule has 3 rings (SSSR count). The highest BCUT2D eigenvalue weighted by atomic mass is 16.4. The smallest absolute Gasteiger partial charge is 0.340 e. The van der Waals surface area contributed by atoms with E-state index in [-0.39, 0.29) is 0 Å². The second-order valence-corrected chi connectivity index (χ2v) is 15.0. The van der Waals surface area contributed by atoms with Crippen LogP contribution in [0.2, 0.25) is 0 Å². The molecule has 0 amide bonds. The Bertz CT molecular complexity index is 705. The Hall–Kier alpha value is -0.650. The van der Waals surface area contributed by atoms with E-state index in [2.05, 4.69) is 56.2 Å². The highest BCUT2D eigenvalue weighted by Gasteiger charge is 2.72. The van der Waals surface area contributed by atoms with E-state index in [0.717, 1.165) is 6.54 Å². The first-order valence-electron chi connectivity index (χ1n) is 20.0. The molecule has 3 heterocycles. The average molecular weight is 618 g/mol. The number of carboxylic acids is 1. The third-order valence-electron chi connectivity index (χ3n) is 11.6. The van der Waals surface area contributed by atoms with Crippen molar-refractivity contribution in [2.45, 2.75) is 238 Å². The Labute approximate surface area is 274 Å². The summed E-state index contributed by atoms with van der Waals surface area (Å²) in [5.74, 6) is -0.541. The van der Waals surface area contributed by atoms with Crippen LogP contribution in [0.15, 0.2) is 0 Å². The number of hydrogen-bond acceptors (Lipinski definition) is 4. The van der Waals surface area contributed by atoms with E-state index in [1.807, 2.05) is 0 Å². The number of hydrogen-bond donors (Lipinski definition) is 1. The van der Waals surface area contributed by atoms with Crippen molar-refractivity contribution >= 4 is 5.97 Å². The number of unbranched alkanes of at least 4 members (excludes halogenated alkanes) is 12. The highest BCUT2D eigenvalue weighted by Crippen LogP contribution is 2.54. The fourth-order valence-corrected chi connectivity index (χ4v) is 8.90. The van der Waals surface area contributed by atoms with Crippen molar-refractivity contribution in [1.29, 1.82) is 0 Å². The molecule has 3 aliphatic rings. The summed E-state index contributed by atoms with van der Waals surface area (Å²) < 4.78 is 0. The zero-order valence-electron chi connectivity index (χ0n) is 30.3. The summed E-state index contributed by atoms with van der Waals surface area (Å²) in [6, 6.07) is 2.95. The molecule has 5 heteroatoms. The number of carboxylic acid groups (broad SMARTS) is 1. The fourth-order valence-electron chi connectivity index (χ4n) is 8.90. The fraction of sp³-hybridized carbons (Fsp3) is 0.974. The maximum atomic E-state index is 14.1. The van der Waals surface area contributed by atoms with Gasteiger partial charge in [0.15, 0.2) is 5.66 Å². The number of nitrogens with zero attached hydrogens (tertiary/aromatic N) is 3. The van der Waals surface area contributed by atoms with Crippen LogP contribution in [0.4, 0.5) is 0 Å². The van der Waals surface area contributed by atoms with Crippen LogP contribution in [0.25, 0.3) is 0 Å². The molecule has 0 aromatic carbocycles. The van der Waals surface area contributed by atoms with Crippen molar-refractivity contribution in [3.05, 3.63) is 0 Å². The normalized spacial score (nSPS) is 32.0. The molecular formula is C39H75N3O2. The average Bonchev–Trinajstić information content (AvgIpc) is 3.96. The predicted octanol–water partition coefficient (Wildman–Crippen LogP) is 10.4. The van der Waals surface area contributed by atoms with Gasteiger partial charge < -0.3 is 5.11 Å². The van der Waals surface area contributed by atoms with Crippen LogP contribution in [0, 0.1) is 0 Å². The van der Waals surface area contributed by atoms with Gasteiger partial charge in [0.1, 0.15) is 0 Å². The van der Waals surface area contributed by atoms with Gasteiger partial charge in [-0.2, -0.15) is 0 Å². The molecule has 44 heavy (non-hydrogen) atoms. The van der Waals surface area contributed by atoms with E-state index in [0.29, 0.717) is 36.3 Å². The van der Waals surface area contributed by atoms with Gasteiger partial charge in [-0.3, -0.25) is 14.7 Å². The first-order chi connectivity index (χ1) is 21.5. The van der Waals surface area contributed by atoms with Crippen LogP contribution in [0.1, 0.15) is 196 Å². The molecular weight excluding hydrogens is 542 g/mol. The summed E-state index contributed by atoms with van der Waals surface area (Å²) in [6.07, 6.45) is 29.8. The molecule has 5 nitrogen and oxygen atoms in total. The lowest BCUT2D eigenvalue weighted by molar-refractivity contribution is -0.157. The SMILES string of the molecule is CCCCCC1C(CCCCC)N1CC(C(=O)O)(N1C(CCCCC)C1CCCCC)N1C(CCCCC)C1CCCCC. The molecule has 3 saturated heterocycles. The summed E-state index contributed by atoms with van der Waals surface area (Å²) in [7, 11) is 0. The third kappa shape index (κ3) is 9.93. The molecule has 3 fully saturated rings. The Morgan fingerprint density at radius 2 is 0.705 bits per heavy atom. The maximum Gasteiger partial charge on any atom is 0.340 e. The quantitative estimate of drug-likeness (QED) is 0.0668. The minimum atomic E-state index is -0.857. The maximum absolute atomic E-state index is 14.1. The molecule has 6 unspecified atom stereocenters. The molecule has 0 spiro atoms. The lowest BCUT2D eigenvalue weighted by atomic mass is 10.1. The predicted molar refractivity (Wildman–Crippen MR) is 188 cm³/mol. The van der Waals surface area contributed by atoms with E-state index in [9.17, 15) is 9.90 Å². The van der Waals surface area contributed by atoms with Crippen LogP contribution in [0.5, 0.6) is 0 Å². The third-order valence-corrected chi connectivity index (χ3v) is 11.6. The van der Waals surface area contributed by atoms with Crippen molar-refractivity contribution in [3.63, 3.8) is 0 Å². The Balaban J connectivity index is 1.95. The van der Waals surface area contributed by atoms with E-state index in [1.54, 1.807) is 0 Å². The van der Waals surface area contributed by atoms with Gasteiger partial charge in [0, 0.05) is 42.8 Å². The molecule has 0 bridgehead atoms. The van der Waals surface area contributed by atoms with E-state index >= 15 is 0 Å². The van der Waals surface area contributed by atoms with Gasteiger partial charge in [-0.25, -0.2) is 4.79 Å². The van der Waals surface area contributed by atoms with Crippen molar-refractivity contribution in [2.24, 2.45) is 0 Å². The minimum Gasteiger partial charge on any atom is -0.479 e. The summed E-state index contributed by atoms with van der Waals surface area (Å²) in [4.78, 5) is 22.0. The first kappa shape index (κ1) is 37.8. The number of rotatable bonds is 29. The van der Waals surface area contributed by atoms with Crippen molar-refractivity contribution < 1.29 is 9.90 Å². The zero-order chi connectivity index (χ0) is 32.0. The summed E-state index contributed by atoms with van der Waals surface area (Å²) in [5.41, 5.74) is -0.857. The Kier molecular flexibility index (Phi) is 17.1. The van der Waals surface area contributed by atoms with Gasteiger partial charge in [0.25, 0.3) is 0 Å². The van der Waals surface area contributed by atoms with Crippen molar-refractivity contribution in [2.75, 3.05) is 6.54 Å². The Morgan fingerprint density at radius 3 is 0.932 bits per heavy atom. The second-order valence-electron chi connectivity index (χ2n) is 15.0. The summed E-state index contributed by atoms with van der Waals surface area (Å²) in [5, 5.41) is 11.6. The molecule has 0 aromatic rings. The molecule has 0 aliphatic carbocycles. The van der Waals surface area contributed by atoms with Gasteiger partial charge in [-0.05, 0) is 38.5 Å². The monoisotopic (exact) mass is 618 g/mol. The van der Waals surface area contributed by atoms with Crippen molar-refractivity contribution in [3.8, 4) is 0 Å². The number of carbonyl (C=O) groups is 1. The van der Waals surface area contributed by atoms with Crippen LogP contribution >= 0.6 is 0 Å². The Morgan fingerprint density at radius 1 is 0.455 bits per heavy atom. The first-order valence-corrected chi connectivity index (χ1v) is 20.0. The topological polar surface area (TPSA) is 46.3 Å². The van der Waals surface area contributed by atoms with Crippen LogP contribution in [0.3, 0.4) is 0 Å². The molecule has 258 valence electrons. The standard InChI is InChI=1S/C39H75N3O2/c1-7-13-19-25-32-33(26-20-14-8-2)40(32)31-39(38(43)44,41-34(27-21-15-9-3)35(41)28-22-16-10-4)42-36(29-23-17-11-5)37(42)30-24-18-12-6/h32-37H,7-31H2,1-6H3,(H,43,44). The van der Waals surface area contributed by atoms with E-state index in [1.165, 1.54) is 154 Å². The molecule has 0 aromatic heterocycles. The van der Waals surface area contributed by atoms with Crippen LogP contribution < -0.4 is 0 Å². The van der Waals surface area contributed by atoms with Gasteiger partial charge in [-0.1, -0.05) is 157 Å². The van der Waals surface area contributed by atoms with Crippen LogP contribution in [-0.2, 0) is 4.79 Å².